The molecule has 0 radical (unpaired) electrons. The van der Waals surface area contributed by atoms with E-state index in [0.29, 0.717) is 25.5 Å². The van der Waals surface area contributed by atoms with Gasteiger partial charge >= 0.3 is 5.97 Å². The van der Waals surface area contributed by atoms with E-state index in [2.05, 4.69) is 24.3 Å². The van der Waals surface area contributed by atoms with Crippen LogP contribution in [0.25, 0.3) is 0 Å². The monoisotopic (exact) mass is 315 g/mol. The Labute approximate surface area is 137 Å². The van der Waals surface area contributed by atoms with Crippen molar-refractivity contribution in [2.75, 3.05) is 13.2 Å². The molecule has 4 nitrogen and oxygen atoms in total. The number of fused-ring (bicyclic) bond motifs is 1. The molecule has 4 heteroatoms. The number of carbonyl (C=O) groups excluding carboxylic acids is 2. The Morgan fingerprint density at radius 1 is 1.22 bits per heavy atom. The minimum atomic E-state index is -0.363. The summed E-state index contributed by atoms with van der Waals surface area (Å²) in [6.07, 6.45) is 5.25. The van der Waals surface area contributed by atoms with E-state index >= 15 is 0 Å². The van der Waals surface area contributed by atoms with Crippen LogP contribution in [0.4, 0.5) is 0 Å². The Balaban J connectivity index is 1.60. The number of esters is 1. The average molecular weight is 315 g/mol. The molecule has 2 aliphatic rings. The van der Waals surface area contributed by atoms with Crippen LogP contribution in [0.1, 0.15) is 43.7 Å². The van der Waals surface area contributed by atoms with Gasteiger partial charge in [0.2, 0.25) is 5.91 Å². The molecule has 1 fully saturated rings. The van der Waals surface area contributed by atoms with E-state index in [-0.39, 0.29) is 17.9 Å². The molecule has 1 heterocycles. The van der Waals surface area contributed by atoms with Crippen molar-refractivity contribution >= 4 is 11.9 Å². The maximum Gasteiger partial charge on any atom is 0.328 e. The largest absolute Gasteiger partial charge is 0.464 e. The molecule has 1 aliphatic heterocycles. The Bertz CT molecular complexity index is 584. The zero-order chi connectivity index (χ0) is 16.2. The number of hydrogen-bond acceptors (Lipinski definition) is 3. The SMILES string of the molecule is CCOC(=O)[C@H]1CCCN1C(=O)CC1CCc2ccccc2C1. The minimum absolute atomic E-state index is 0.116. The van der Waals surface area contributed by atoms with E-state index in [0.717, 1.165) is 32.1 Å². The first-order valence-electron chi connectivity index (χ1n) is 8.72. The van der Waals surface area contributed by atoms with E-state index in [1.54, 1.807) is 11.8 Å². The predicted octanol–water partition coefficient (Wildman–Crippen LogP) is 2.74. The van der Waals surface area contributed by atoms with Crippen molar-refractivity contribution in [1.82, 2.24) is 4.90 Å². The van der Waals surface area contributed by atoms with Gasteiger partial charge in [0.25, 0.3) is 0 Å². The molecule has 0 spiro atoms. The third kappa shape index (κ3) is 3.57. The molecule has 23 heavy (non-hydrogen) atoms. The highest BCUT2D eigenvalue weighted by atomic mass is 16.5. The molecule has 0 bridgehead atoms. The Morgan fingerprint density at radius 3 is 2.78 bits per heavy atom. The van der Waals surface area contributed by atoms with Gasteiger partial charge in [-0.3, -0.25) is 4.79 Å². The first-order valence-corrected chi connectivity index (χ1v) is 8.72. The maximum absolute atomic E-state index is 12.7. The summed E-state index contributed by atoms with van der Waals surface area (Å²) >= 11 is 0. The van der Waals surface area contributed by atoms with Gasteiger partial charge in [-0.1, -0.05) is 24.3 Å². The van der Waals surface area contributed by atoms with E-state index in [9.17, 15) is 9.59 Å². The lowest BCUT2D eigenvalue weighted by atomic mass is 9.82. The first kappa shape index (κ1) is 16.0. The maximum atomic E-state index is 12.7. The summed E-state index contributed by atoms with van der Waals surface area (Å²) in [4.78, 5) is 26.4. The van der Waals surface area contributed by atoms with Gasteiger partial charge < -0.3 is 9.64 Å². The second-order valence-corrected chi connectivity index (χ2v) is 6.58. The first-order chi connectivity index (χ1) is 11.2. The van der Waals surface area contributed by atoms with Gasteiger partial charge in [-0.25, -0.2) is 4.79 Å². The summed E-state index contributed by atoms with van der Waals surface area (Å²) in [6, 6.07) is 8.14. The van der Waals surface area contributed by atoms with Crippen LogP contribution in [-0.2, 0) is 27.2 Å². The van der Waals surface area contributed by atoms with Crippen molar-refractivity contribution in [3.8, 4) is 0 Å². The van der Waals surface area contributed by atoms with Crippen LogP contribution in [-0.4, -0.2) is 36.0 Å². The summed E-state index contributed by atoms with van der Waals surface area (Å²) in [6.45, 7) is 2.86. The fraction of sp³-hybridized carbons (Fsp3) is 0.579. The molecule has 0 saturated carbocycles. The van der Waals surface area contributed by atoms with E-state index in [1.807, 2.05) is 0 Å². The standard InChI is InChI=1S/C19H25NO3/c1-2-23-19(22)17-8-5-11-20(17)18(21)13-14-9-10-15-6-3-4-7-16(15)12-14/h3-4,6-7,14,17H,2,5,8-13H2,1H3/t14?,17-/m1/s1. The van der Waals surface area contributed by atoms with Crippen LogP contribution in [0.15, 0.2) is 24.3 Å². The lowest BCUT2D eigenvalue weighted by Crippen LogP contribution is -2.42. The topological polar surface area (TPSA) is 46.6 Å². The molecule has 2 atom stereocenters. The van der Waals surface area contributed by atoms with Crippen molar-refractivity contribution < 1.29 is 14.3 Å². The van der Waals surface area contributed by atoms with Gasteiger partial charge in [0, 0.05) is 13.0 Å². The molecule has 0 N–H and O–H groups in total. The lowest BCUT2D eigenvalue weighted by Gasteiger charge is -2.28. The van der Waals surface area contributed by atoms with Gasteiger partial charge in [0.1, 0.15) is 6.04 Å². The fourth-order valence-corrected chi connectivity index (χ4v) is 3.86. The van der Waals surface area contributed by atoms with E-state index < -0.39 is 0 Å². The zero-order valence-electron chi connectivity index (χ0n) is 13.8. The predicted molar refractivity (Wildman–Crippen MR) is 87.9 cm³/mol. The molecule has 1 unspecified atom stereocenters. The number of amides is 1. The number of ether oxygens (including phenoxy) is 1. The molecule has 1 saturated heterocycles. The third-order valence-corrected chi connectivity index (χ3v) is 5.04. The van der Waals surface area contributed by atoms with Gasteiger partial charge in [0.05, 0.1) is 6.61 Å². The second kappa shape index (κ2) is 7.16. The summed E-state index contributed by atoms with van der Waals surface area (Å²) in [5, 5.41) is 0. The van der Waals surface area contributed by atoms with Gasteiger partial charge in [-0.05, 0) is 56.1 Å². The van der Waals surface area contributed by atoms with Crippen LogP contribution >= 0.6 is 0 Å². The Kier molecular flexibility index (Phi) is 4.99. The molecule has 1 aromatic carbocycles. The number of nitrogens with zero attached hydrogens (tertiary/aromatic N) is 1. The summed E-state index contributed by atoms with van der Waals surface area (Å²) < 4.78 is 5.11. The number of carbonyl (C=O) groups is 2. The van der Waals surface area contributed by atoms with Crippen molar-refractivity contribution in [3.63, 3.8) is 0 Å². The number of hydrogen-bond donors (Lipinski definition) is 0. The van der Waals surface area contributed by atoms with E-state index in [1.165, 1.54) is 11.1 Å². The summed E-state index contributed by atoms with van der Waals surface area (Å²) in [5.74, 6) is 0.262. The average Bonchev–Trinajstić information content (AvgIpc) is 3.05. The Hall–Kier alpha value is -1.84. The normalized spacial score (nSPS) is 23.4. The second-order valence-electron chi connectivity index (χ2n) is 6.58. The third-order valence-electron chi connectivity index (χ3n) is 5.04. The lowest BCUT2D eigenvalue weighted by molar-refractivity contribution is -0.153. The molecule has 1 aliphatic carbocycles. The van der Waals surface area contributed by atoms with Crippen molar-refractivity contribution in [1.29, 1.82) is 0 Å². The molecular weight excluding hydrogens is 290 g/mol. The number of aryl methyl sites for hydroxylation is 1. The molecular formula is C19H25NO3. The van der Waals surface area contributed by atoms with Gasteiger partial charge in [0.15, 0.2) is 0 Å². The highest BCUT2D eigenvalue weighted by molar-refractivity contribution is 5.85. The smallest absolute Gasteiger partial charge is 0.328 e. The summed E-state index contributed by atoms with van der Waals surface area (Å²) in [5.41, 5.74) is 2.79. The van der Waals surface area contributed by atoms with Gasteiger partial charge in [-0.2, -0.15) is 0 Å². The summed E-state index contributed by atoms with van der Waals surface area (Å²) in [7, 11) is 0. The zero-order valence-corrected chi connectivity index (χ0v) is 13.8. The van der Waals surface area contributed by atoms with Crippen LogP contribution in [0.3, 0.4) is 0 Å². The van der Waals surface area contributed by atoms with Gasteiger partial charge in [-0.15, -0.1) is 0 Å². The highest BCUT2D eigenvalue weighted by Gasteiger charge is 2.36. The molecule has 1 aromatic rings. The van der Waals surface area contributed by atoms with Crippen LogP contribution in [0, 0.1) is 5.92 Å². The quantitative estimate of drug-likeness (QED) is 0.803. The van der Waals surface area contributed by atoms with Crippen molar-refractivity contribution in [3.05, 3.63) is 35.4 Å². The Morgan fingerprint density at radius 2 is 2.00 bits per heavy atom. The van der Waals surface area contributed by atoms with Crippen LogP contribution in [0.2, 0.25) is 0 Å². The van der Waals surface area contributed by atoms with Crippen molar-refractivity contribution in [2.45, 2.75) is 51.5 Å². The highest BCUT2D eigenvalue weighted by Crippen LogP contribution is 2.29. The molecule has 1 amide bonds. The molecule has 124 valence electrons. The number of rotatable bonds is 4. The molecule has 0 aromatic heterocycles. The van der Waals surface area contributed by atoms with E-state index in [4.69, 9.17) is 4.74 Å². The number of likely N-dealkylation sites (tertiary alicyclic amines) is 1. The minimum Gasteiger partial charge on any atom is -0.464 e. The molecule has 3 rings (SSSR count). The van der Waals surface area contributed by atoms with Crippen LogP contribution < -0.4 is 0 Å². The number of benzene rings is 1. The van der Waals surface area contributed by atoms with Crippen molar-refractivity contribution in [2.24, 2.45) is 5.92 Å². The fourth-order valence-electron chi connectivity index (χ4n) is 3.86. The van der Waals surface area contributed by atoms with Crippen LogP contribution in [0.5, 0.6) is 0 Å².